The van der Waals surface area contributed by atoms with Gasteiger partial charge in [-0.2, -0.15) is 0 Å². The Morgan fingerprint density at radius 3 is 2.45 bits per heavy atom. The lowest BCUT2D eigenvalue weighted by Gasteiger charge is -2.17. The van der Waals surface area contributed by atoms with E-state index in [-0.39, 0.29) is 6.04 Å². The maximum absolute atomic E-state index is 6.22. The van der Waals surface area contributed by atoms with Crippen molar-refractivity contribution >= 4 is 17.5 Å². The van der Waals surface area contributed by atoms with E-state index in [0.717, 1.165) is 22.0 Å². The summed E-state index contributed by atoms with van der Waals surface area (Å²) in [6.45, 7) is 8.30. The number of aromatic nitrogens is 2. The predicted octanol–water partition coefficient (Wildman–Crippen LogP) is 4.73. The molecule has 2 rings (SSSR count). The van der Waals surface area contributed by atoms with Gasteiger partial charge in [0.1, 0.15) is 0 Å². The molecule has 0 bridgehead atoms. The van der Waals surface area contributed by atoms with Gasteiger partial charge in [-0.25, -0.2) is 9.97 Å². The van der Waals surface area contributed by atoms with Crippen LogP contribution >= 0.6 is 11.6 Å². The van der Waals surface area contributed by atoms with Gasteiger partial charge in [0.15, 0.2) is 0 Å². The third kappa shape index (κ3) is 3.48. The predicted molar refractivity (Wildman–Crippen MR) is 84.3 cm³/mol. The van der Waals surface area contributed by atoms with Crippen molar-refractivity contribution < 1.29 is 0 Å². The van der Waals surface area contributed by atoms with E-state index in [1.807, 2.05) is 37.3 Å². The molecular weight excluding hydrogens is 270 g/mol. The van der Waals surface area contributed by atoms with Gasteiger partial charge in [0.05, 0.1) is 6.04 Å². The summed E-state index contributed by atoms with van der Waals surface area (Å²) >= 11 is 6.22. The molecule has 0 aliphatic heterocycles. The minimum Gasteiger partial charge on any atom is -0.348 e. The number of aryl methyl sites for hydroxylation is 1. The zero-order valence-electron chi connectivity index (χ0n) is 12.3. The average Bonchev–Trinajstić information content (AvgIpc) is 2.38. The van der Waals surface area contributed by atoms with Crippen molar-refractivity contribution in [2.75, 3.05) is 5.32 Å². The van der Waals surface area contributed by atoms with E-state index in [1.54, 1.807) is 0 Å². The molecule has 0 saturated carbocycles. The number of hydrogen-bond donors (Lipinski definition) is 1. The first kappa shape index (κ1) is 14.8. The molecule has 0 radical (unpaired) electrons. The maximum Gasteiger partial charge on any atom is 0.223 e. The normalized spacial score (nSPS) is 12.5. The van der Waals surface area contributed by atoms with Crippen molar-refractivity contribution in [1.82, 2.24) is 9.97 Å². The summed E-state index contributed by atoms with van der Waals surface area (Å²) in [5, 5.41) is 4.08. The molecule has 0 amide bonds. The van der Waals surface area contributed by atoms with Crippen LogP contribution in [0.5, 0.6) is 0 Å². The van der Waals surface area contributed by atoms with Crippen LogP contribution in [0.2, 0.25) is 5.02 Å². The van der Waals surface area contributed by atoms with Gasteiger partial charge in [0, 0.05) is 16.4 Å². The van der Waals surface area contributed by atoms with Crippen LogP contribution in [-0.2, 0) is 0 Å². The molecule has 1 N–H and O–H groups in total. The molecule has 0 aliphatic rings. The largest absolute Gasteiger partial charge is 0.348 e. The standard InChI is InChI=1S/C16H20ClN3/c1-10(2)15-9-11(3)18-16(20-15)19-12(4)13-7-5-6-8-14(13)17/h5-10,12H,1-4H3,(H,18,19,20). The van der Waals surface area contributed by atoms with Crippen LogP contribution < -0.4 is 5.32 Å². The fourth-order valence-corrected chi connectivity index (χ4v) is 2.35. The van der Waals surface area contributed by atoms with Crippen LogP contribution in [0.3, 0.4) is 0 Å². The Balaban J connectivity index is 2.24. The zero-order chi connectivity index (χ0) is 14.7. The quantitative estimate of drug-likeness (QED) is 0.884. The summed E-state index contributed by atoms with van der Waals surface area (Å²) in [7, 11) is 0. The first-order valence-corrected chi connectivity index (χ1v) is 7.21. The Morgan fingerprint density at radius 2 is 1.80 bits per heavy atom. The molecule has 1 aromatic carbocycles. The minimum absolute atomic E-state index is 0.0607. The van der Waals surface area contributed by atoms with E-state index in [9.17, 15) is 0 Å². The van der Waals surface area contributed by atoms with Crippen molar-refractivity contribution in [3.8, 4) is 0 Å². The second-order valence-electron chi connectivity index (χ2n) is 5.30. The van der Waals surface area contributed by atoms with Crippen LogP contribution in [0.1, 0.15) is 49.7 Å². The molecule has 3 nitrogen and oxygen atoms in total. The van der Waals surface area contributed by atoms with Crippen molar-refractivity contribution in [2.24, 2.45) is 0 Å². The van der Waals surface area contributed by atoms with E-state index in [1.165, 1.54) is 0 Å². The molecule has 1 unspecified atom stereocenters. The second-order valence-corrected chi connectivity index (χ2v) is 5.71. The minimum atomic E-state index is 0.0607. The molecule has 0 spiro atoms. The molecule has 4 heteroatoms. The highest BCUT2D eigenvalue weighted by molar-refractivity contribution is 6.31. The van der Waals surface area contributed by atoms with E-state index in [2.05, 4.69) is 36.1 Å². The van der Waals surface area contributed by atoms with Crippen LogP contribution in [0.15, 0.2) is 30.3 Å². The van der Waals surface area contributed by atoms with E-state index in [4.69, 9.17) is 11.6 Å². The van der Waals surface area contributed by atoms with Gasteiger partial charge in [-0.3, -0.25) is 0 Å². The van der Waals surface area contributed by atoms with Gasteiger partial charge in [-0.05, 0) is 37.5 Å². The summed E-state index contributed by atoms with van der Waals surface area (Å²) in [5.74, 6) is 1.04. The van der Waals surface area contributed by atoms with Crippen molar-refractivity contribution in [3.63, 3.8) is 0 Å². The lowest BCUT2D eigenvalue weighted by molar-refractivity contribution is 0.794. The molecule has 0 fully saturated rings. The third-order valence-electron chi connectivity index (χ3n) is 3.18. The number of nitrogens with zero attached hydrogens (tertiary/aromatic N) is 2. The highest BCUT2D eigenvalue weighted by atomic mass is 35.5. The topological polar surface area (TPSA) is 37.8 Å². The van der Waals surface area contributed by atoms with Crippen LogP contribution in [0.25, 0.3) is 0 Å². The van der Waals surface area contributed by atoms with E-state index >= 15 is 0 Å². The highest BCUT2D eigenvalue weighted by Crippen LogP contribution is 2.25. The lowest BCUT2D eigenvalue weighted by atomic mass is 10.1. The Hall–Kier alpha value is -1.61. The number of hydrogen-bond acceptors (Lipinski definition) is 3. The average molecular weight is 290 g/mol. The molecular formula is C16H20ClN3. The van der Waals surface area contributed by atoms with Gasteiger partial charge in [-0.15, -0.1) is 0 Å². The van der Waals surface area contributed by atoms with Gasteiger partial charge >= 0.3 is 0 Å². The fraction of sp³-hybridized carbons (Fsp3) is 0.375. The number of benzene rings is 1. The molecule has 2 aromatic rings. The maximum atomic E-state index is 6.22. The Bertz CT molecular complexity index is 596. The SMILES string of the molecule is Cc1cc(C(C)C)nc(NC(C)c2ccccc2Cl)n1. The van der Waals surface area contributed by atoms with Gasteiger partial charge in [0.2, 0.25) is 5.95 Å². The molecule has 1 aromatic heterocycles. The summed E-state index contributed by atoms with van der Waals surface area (Å²) < 4.78 is 0. The highest BCUT2D eigenvalue weighted by Gasteiger charge is 2.12. The van der Waals surface area contributed by atoms with Gasteiger partial charge < -0.3 is 5.32 Å². The van der Waals surface area contributed by atoms with Crippen molar-refractivity contribution in [2.45, 2.75) is 39.7 Å². The van der Waals surface area contributed by atoms with Gasteiger partial charge in [-0.1, -0.05) is 43.6 Å². The van der Waals surface area contributed by atoms with E-state index in [0.29, 0.717) is 11.9 Å². The number of rotatable bonds is 4. The lowest BCUT2D eigenvalue weighted by Crippen LogP contribution is -2.11. The summed E-state index contributed by atoms with van der Waals surface area (Å²) in [5.41, 5.74) is 3.06. The first-order chi connectivity index (χ1) is 9.47. The molecule has 0 saturated heterocycles. The second kappa shape index (κ2) is 6.23. The summed E-state index contributed by atoms with van der Waals surface area (Å²) in [4.78, 5) is 9.01. The van der Waals surface area contributed by atoms with Crippen LogP contribution in [0, 0.1) is 6.92 Å². The Labute approximate surface area is 125 Å². The fourth-order valence-electron chi connectivity index (χ4n) is 2.05. The van der Waals surface area contributed by atoms with E-state index < -0.39 is 0 Å². The summed E-state index contributed by atoms with van der Waals surface area (Å²) in [6, 6.07) is 9.90. The van der Waals surface area contributed by atoms with Crippen LogP contribution in [-0.4, -0.2) is 9.97 Å². The number of nitrogens with one attached hydrogen (secondary N) is 1. The first-order valence-electron chi connectivity index (χ1n) is 6.84. The molecule has 20 heavy (non-hydrogen) atoms. The van der Waals surface area contributed by atoms with Gasteiger partial charge in [0.25, 0.3) is 0 Å². The number of halogens is 1. The Morgan fingerprint density at radius 1 is 1.10 bits per heavy atom. The zero-order valence-corrected chi connectivity index (χ0v) is 13.1. The molecule has 0 aliphatic carbocycles. The third-order valence-corrected chi connectivity index (χ3v) is 3.53. The van der Waals surface area contributed by atoms with Crippen molar-refractivity contribution in [3.05, 3.63) is 52.3 Å². The molecule has 1 atom stereocenters. The molecule has 1 heterocycles. The number of anilines is 1. The smallest absolute Gasteiger partial charge is 0.223 e. The van der Waals surface area contributed by atoms with Crippen molar-refractivity contribution in [1.29, 1.82) is 0 Å². The molecule has 106 valence electrons. The monoisotopic (exact) mass is 289 g/mol. The van der Waals surface area contributed by atoms with Crippen LogP contribution in [0.4, 0.5) is 5.95 Å². The Kier molecular flexibility index (Phi) is 4.61. The summed E-state index contributed by atoms with van der Waals surface area (Å²) in [6.07, 6.45) is 0.